The number of aliphatic hydroxyl groups excluding tert-OH is 1. The third-order valence-electron chi connectivity index (χ3n) is 6.05. The molecule has 0 aliphatic heterocycles. The van der Waals surface area contributed by atoms with Gasteiger partial charge in [-0.25, -0.2) is 4.79 Å². The first-order chi connectivity index (χ1) is 12.5. The van der Waals surface area contributed by atoms with Crippen LogP contribution in [0.3, 0.4) is 0 Å². The first-order valence-electron chi connectivity index (χ1n) is 9.84. The molecule has 7 nitrogen and oxygen atoms in total. The maximum absolute atomic E-state index is 12.8. The Kier molecular flexibility index (Phi) is 6.29. The van der Waals surface area contributed by atoms with Gasteiger partial charge in [-0.15, -0.1) is 0 Å². The van der Waals surface area contributed by atoms with Crippen LogP contribution >= 0.6 is 0 Å². The van der Waals surface area contributed by atoms with Gasteiger partial charge < -0.3 is 24.4 Å². The summed E-state index contributed by atoms with van der Waals surface area (Å²) in [6.45, 7) is 9.10. The van der Waals surface area contributed by atoms with Crippen LogP contribution < -0.4 is 0 Å². The van der Waals surface area contributed by atoms with E-state index in [0.717, 1.165) is 0 Å². The molecule has 0 aromatic rings. The summed E-state index contributed by atoms with van der Waals surface area (Å²) in [5.41, 5.74) is -3.95. The van der Waals surface area contributed by atoms with Gasteiger partial charge in [-0.2, -0.15) is 0 Å². The molecule has 0 radical (unpaired) electrons. The molecule has 2 fully saturated rings. The lowest BCUT2D eigenvalue weighted by Gasteiger charge is -2.49. The smallest absolute Gasteiger partial charge is 0.339 e. The first kappa shape index (κ1) is 22.1. The van der Waals surface area contributed by atoms with Gasteiger partial charge in [0.25, 0.3) is 0 Å². The average molecular weight is 386 g/mol. The van der Waals surface area contributed by atoms with Crippen molar-refractivity contribution in [3.05, 3.63) is 0 Å². The largest absolute Gasteiger partial charge is 0.468 e. The van der Waals surface area contributed by atoms with Crippen molar-refractivity contribution in [1.82, 2.24) is 0 Å². The van der Waals surface area contributed by atoms with Crippen LogP contribution in [0.15, 0.2) is 0 Å². The zero-order valence-electron chi connectivity index (χ0n) is 17.3. The zero-order chi connectivity index (χ0) is 20.6. The van der Waals surface area contributed by atoms with Crippen LogP contribution in [0.2, 0.25) is 0 Å². The fourth-order valence-electron chi connectivity index (χ4n) is 4.56. The Morgan fingerprint density at radius 1 is 1.19 bits per heavy atom. The highest BCUT2D eigenvalue weighted by atomic mass is 16.6. The van der Waals surface area contributed by atoms with E-state index >= 15 is 0 Å². The number of ether oxygens (including phenoxy) is 3. The molecule has 0 spiro atoms. The van der Waals surface area contributed by atoms with Gasteiger partial charge in [-0.3, -0.25) is 4.79 Å². The summed E-state index contributed by atoms with van der Waals surface area (Å²) in [4.78, 5) is 25.5. The molecule has 0 heterocycles. The Bertz CT molecular complexity index is 565. The SMILES string of the molecule is CCC(CC)O[C@@H]1C[C@](O)(C(=O)OC(C)(C)C)[C@@H]2CC[C@@]1(C(=O)OC)[C@H]2O. The maximum atomic E-state index is 12.8. The average Bonchev–Trinajstić information content (AvgIpc) is 2.87. The van der Waals surface area contributed by atoms with E-state index in [1.165, 1.54) is 7.11 Å². The lowest BCUT2D eigenvalue weighted by molar-refractivity contribution is -0.231. The number of methoxy groups -OCH3 is 1. The van der Waals surface area contributed by atoms with E-state index in [0.29, 0.717) is 25.7 Å². The molecule has 2 aliphatic carbocycles. The van der Waals surface area contributed by atoms with Crippen molar-refractivity contribution in [2.75, 3.05) is 7.11 Å². The molecule has 156 valence electrons. The zero-order valence-corrected chi connectivity index (χ0v) is 17.3. The number of aliphatic hydroxyl groups is 2. The highest BCUT2D eigenvalue weighted by Gasteiger charge is 2.71. The number of fused-ring (bicyclic) bond motifs is 2. The van der Waals surface area contributed by atoms with Gasteiger partial charge in [0.2, 0.25) is 0 Å². The van der Waals surface area contributed by atoms with Gasteiger partial charge >= 0.3 is 11.9 Å². The molecule has 7 heteroatoms. The molecular weight excluding hydrogens is 352 g/mol. The van der Waals surface area contributed by atoms with E-state index < -0.39 is 46.7 Å². The van der Waals surface area contributed by atoms with Gasteiger partial charge in [-0.05, 0) is 46.5 Å². The summed E-state index contributed by atoms with van der Waals surface area (Å²) in [6, 6.07) is 0. The number of carbonyl (C=O) groups excluding carboxylic acids is 2. The van der Waals surface area contributed by atoms with Gasteiger partial charge in [0.15, 0.2) is 5.60 Å². The number of carbonyl (C=O) groups is 2. The Morgan fingerprint density at radius 2 is 1.78 bits per heavy atom. The second kappa shape index (κ2) is 7.68. The Hall–Kier alpha value is -1.18. The van der Waals surface area contributed by atoms with E-state index in [9.17, 15) is 19.8 Å². The van der Waals surface area contributed by atoms with Crippen molar-refractivity contribution in [2.45, 2.75) is 96.2 Å². The number of hydrogen-bond donors (Lipinski definition) is 2. The van der Waals surface area contributed by atoms with Crippen LogP contribution in [0.1, 0.15) is 66.7 Å². The summed E-state index contributed by atoms with van der Waals surface area (Å²) in [5, 5.41) is 22.3. The predicted molar refractivity (Wildman–Crippen MR) is 97.8 cm³/mol. The first-order valence-corrected chi connectivity index (χ1v) is 9.84. The van der Waals surface area contributed by atoms with Crippen LogP contribution in [0, 0.1) is 11.3 Å². The summed E-state index contributed by atoms with van der Waals surface area (Å²) >= 11 is 0. The van der Waals surface area contributed by atoms with E-state index in [-0.39, 0.29) is 12.5 Å². The quantitative estimate of drug-likeness (QED) is 0.673. The molecule has 0 amide bonds. The van der Waals surface area contributed by atoms with Crippen molar-refractivity contribution in [2.24, 2.45) is 11.3 Å². The molecule has 0 saturated heterocycles. The van der Waals surface area contributed by atoms with Crippen LogP contribution in [0.5, 0.6) is 0 Å². The van der Waals surface area contributed by atoms with Gasteiger partial charge in [0, 0.05) is 12.3 Å². The van der Waals surface area contributed by atoms with Crippen LogP contribution in [-0.4, -0.2) is 58.8 Å². The minimum atomic E-state index is -1.91. The molecule has 0 aromatic carbocycles. The Balaban J connectivity index is 2.44. The Labute approximate surface area is 161 Å². The molecule has 2 rings (SSSR count). The number of rotatable bonds is 6. The van der Waals surface area contributed by atoms with Crippen LogP contribution in [0.25, 0.3) is 0 Å². The van der Waals surface area contributed by atoms with Crippen LogP contribution in [-0.2, 0) is 23.8 Å². The fourth-order valence-corrected chi connectivity index (χ4v) is 4.56. The topological polar surface area (TPSA) is 102 Å². The monoisotopic (exact) mass is 386 g/mol. The number of hydrogen-bond acceptors (Lipinski definition) is 7. The molecular formula is C20H34O7. The molecule has 5 atom stereocenters. The fraction of sp³-hybridized carbons (Fsp3) is 0.900. The predicted octanol–water partition coefficient (Wildman–Crippen LogP) is 1.97. The lowest BCUT2D eigenvalue weighted by Crippen LogP contribution is -2.65. The van der Waals surface area contributed by atoms with Crippen molar-refractivity contribution < 1.29 is 34.0 Å². The summed E-state index contributed by atoms with van der Waals surface area (Å²) < 4.78 is 16.6. The molecule has 2 saturated carbocycles. The van der Waals surface area contributed by atoms with Gasteiger partial charge in [0.05, 0.1) is 25.4 Å². The van der Waals surface area contributed by atoms with E-state index in [2.05, 4.69) is 0 Å². The summed E-state index contributed by atoms with van der Waals surface area (Å²) in [6.07, 6.45) is -0.283. The van der Waals surface area contributed by atoms with Crippen LogP contribution in [0.4, 0.5) is 0 Å². The molecule has 27 heavy (non-hydrogen) atoms. The summed E-state index contributed by atoms with van der Waals surface area (Å²) in [5.74, 6) is -2.13. The van der Waals surface area contributed by atoms with Gasteiger partial charge in [0.1, 0.15) is 11.0 Å². The third kappa shape index (κ3) is 3.74. The standard InChI is InChI=1S/C20H34O7/c1-7-12(8-2)26-14-11-20(24,17(23)27-18(3,4)5)13-9-10-19(14,15(13)21)16(22)25-6/h12-15,21,24H,7-11H2,1-6H3/t13-,14-,15+,19+,20-/m1/s1. The number of esters is 2. The minimum Gasteiger partial charge on any atom is -0.468 e. The van der Waals surface area contributed by atoms with E-state index in [4.69, 9.17) is 14.2 Å². The minimum absolute atomic E-state index is 0.102. The van der Waals surface area contributed by atoms with E-state index in [1.807, 2.05) is 13.8 Å². The molecule has 2 bridgehead atoms. The van der Waals surface area contributed by atoms with Crippen molar-refractivity contribution in [1.29, 1.82) is 0 Å². The van der Waals surface area contributed by atoms with Crippen molar-refractivity contribution >= 4 is 11.9 Å². The molecule has 2 aliphatic rings. The second-order valence-electron chi connectivity index (χ2n) is 8.82. The highest BCUT2D eigenvalue weighted by molar-refractivity contribution is 5.84. The normalized spacial score (nSPS) is 36.0. The maximum Gasteiger partial charge on any atom is 0.339 e. The van der Waals surface area contributed by atoms with Crippen molar-refractivity contribution in [3.63, 3.8) is 0 Å². The van der Waals surface area contributed by atoms with Gasteiger partial charge in [-0.1, -0.05) is 13.8 Å². The van der Waals surface area contributed by atoms with E-state index in [1.54, 1.807) is 20.8 Å². The second-order valence-corrected chi connectivity index (χ2v) is 8.82. The third-order valence-corrected chi connectivity index (χ3v) is 6.05. The summed E-state index contributed by atoms with van der Waals surface area (Å²) in [7, 11) is 1.28. The molecule has 0 unspecified atom stereocenters. The van der Waals surface area contributed by atoms with Crippen molar-refractivity contribution in [3.8, 4) is 0 Å². The Morgan fingerprint density at radius 3 is 2.26 bits per heavy atom. The highest BCUT2D eigenvalue weighted by Crippen LogP contribution is 2.57. The molecule has 0 aromatic heterocycles. The molecule has 2 N–H and O–H groups in total. The lowest BCUT2D eigenvalue weighted by atomic mass is 9.64.